The van der Waals surface area contributed by atoms with Crippen LogP contribution in [0.5, 0.6) is 0 Å². The Morgan fingerprint density at radius 2 is 2.36 bits per heavy atom. The van der Waals surface area contributed by atoms with Crippen molar-refractivity contribution in [1.29, 1.82) is 0 Å². The van der Waals surface area contributed by atoms with Crippen molar-refractivity contribution >= 4 is 22.7 Å². The molecule has 0 radical (unpaired) electrons. The Labute approximate surface area is 91.6 Å². The lowest BCUT2D eigenvalue weighted by atomic mass is 10.3. The number of thiophene rings is 1. The monoisotopic (exact) mass is 224 g/mol. The molecule has 0 bridgehead atoms. The molecular weight excluding hydrogens is 212 g/mol. The van der Waals surface area contributed by atoms with E-state index in [9.17, 15) is 0 Å². The molecule has 4 heteroatoms. The van der Waals surface area contributed by atoms with Crippen LogP contribution in [0.1, 0.15) is 22.9 Å². The molecule has 0 amide bonds. The molecule has 0 aliphatic rings. The molecule has 2 aromatic rings. The Morgan fingerprint density at radius 1 is 1.43 bits per heavy atom. The molecule has 74 valence electrons. The van der Waals surface area contributed by atoms with Gasteiger partial charge in [0.15, 0.2) is 0 Å². The van der Waals surface area contributed by atoms with Gasteiger partial charge in [-0.2, -0.15) is 0 Å². The van der Waals surface area contributed by atoms with Crippen LogP contribution in [0.3, 0.4) is 0 Å². The molecule has 2 rings (SSSR count). The van der Waals surface area contributed by atoms with Gasteiger partial charge in [-0.3, -0.25) is 0 Å². The molecule has 0 aliphatic heterocycles. The number of rotatable bonds is 4. The summed E-state index contributed by atoms with van der Waals surface area (Å²) in [6.07, 6.45) is 1.84. The highest BCUT2D eigenvalue weighted by Gasteiger charge is 2.05. The second-order valence-corrected chi connectivity index (χ2v) is 5.00. The highest BCUT2D eigenvalue weighted by atomic mass is 32.1. The molecule has 2 nitrogen and oxygen atoms in total. The highest BCUT2D eigenvalue weighted by molar-refractivity contribution is 7.10. The predicted octanol–water partition coefficient (Wildman–Crippen LogP) is 3.06. The maximum absolute atomic E-state index is 4.23. The maximum Gasteiger partial charge on any atom is 0.106 e. The van der Waals surface area contributed by atoms with E-state index in [-0.39, 0.29) is 0 Å². The molecular formula is C10H12N2S2. The molecule has 0 unspecified atom stereocenters. The first-order valence-electron chi connectivity index (χ1n) is 4.51. The highest BCUT2D eigenvalue weighted by Crippen LogP contribution is 2.18. The number of aromatic nitrogens is 1. The molecule has 1 atom stereocenters. The van der Waals surface area contributed by atoms with E-state index in [0.717, 1.165) is 11.6 Å². The molecule has 2 heterocycles. The predicted molar refractivity (Wildman–Crippen MR) is 61.7 cm³/mol. The van der Waals surface area contributed by atoms with Crippen molar-refractivity contribution in [3.63, 3.8) is 0 Å². The van der Waals surface area contributed by atoms with Crippen molar-refractivity contribution in [1.82, 2.24) is 10.3 Å². The van der Waals surface area contributed by atoms with Crippen LogP contribution in [0.25, 0.3) is 0 Å². The first-order chi connectivity index (χ1) is 6.86. The van der Waals surface area contributed by atoms with Crippen LogP contribution >= 0.6 is 22.7 Å². The summed E-state index contributed by atoms with van der Waals surface area (Å²) in [4.78, 5) is 5.61. The van der Waals surface area contributed by atoms with E-state index in [1.165, 1.54) is 4.88 Å². The van der Waals surface area contributed by atoms with E-state index in [4.69, 9.17) is 0 Å². The zero-order chi connectivity index (χ0) is 9.80. The van der Waals surface area contributed by atoms with E-state index < -0.39 is 0 Å². The van der Waals surface area contributed by atoms with Crippen LogP contribution in [-0.4, -0.2) is 4.98 Å². The second kappa shape index (κ2) is 4.68. The number of hydrogen-bond acceptors (Lipinski definition) is 4. The van der Waals surface area contributed by atoms with Crippen LogP contribution < -0.4 is 5.32 Å². The third-order valence-corrected chi connectivity index (χ3v) is 3.85. The van der Waals surface area contributed by atoms with Gasteiger partial charge in [0, 0.05) is 29.0 Å². The van der Waals surface area contributed by atoms with Gasteiger partial charge in [0.05, 0.1) is 0 Å². The molecule has 0 fully saturated rings. The van der Waals surface area contributed by atoms with Gasteiger partial charge in [-0.15, -0.1) is 22.7 Å². The number of nitrogens with zero attached hydrogens (tertiary/aromatic N) is 1. The van der Waals surface area contributed by atoms with Gasteiger partial charge < -0.3 is 5.32 Å². The van der Waals surface area contributed by atoms with Crippen LogP contribution in [0.4, 0.5) is 0 Å². The molecule has 0 aliphatic carbocycles. The Bertz CT molecular complexity index is 353. The van der Waals surface area contributed by atoms with Crippen LogP contribution in [-0.2, 0) is 6.54 Å². The fourth-order valence-electron chi connectivity index (χ4n) is 1.22. The summed E-state index contributed by atoms with van der Waals surface area (Å²) in [5.41, 5.74) is 0. The maximum atomic E-state index is 4.23. The zero-order valence-electron chi connectivity index (χ0n) is 7.93. The van der Waals surface area contributed by atoms with Crippen LogP contribution in [0.2, 0.25) is 0 Å². The van der Waals surface area contributed by atoms with Crippen molar-refractivity contribution in [2.75, 3.05) is 0 Å². The summed E-state index contributed by atoms with van der Waals surface area (Å²) in [5.74, 6) is 0. The fourth-order valence-corrected chi connectivity index (χ4v) is 2.54. The van der Waals surface area contributed by atoms with E-state index in [0.29, 0.717) is 6.04 Å². The molecule has 0 saturated carbocycles. The van der Waals surface area contributed by atoms with Gasteiger partial charge in [0.2, 0.25) is 0 Å². The van der Waals surface area contributed by atoms with Crippen LogP contribution in [0.15, 0.2) is 29.1 Å². The Balaban J connectivity index is 1.87. The van der Waals surface area contributed by atoms with E-state index >= 15 is 0 Å². The van der Waals surface area contributed by atoms with E-state index in [2.05, 4.69) is 34.7 Å². The standard InChI is InChI=1S/C10H12N2S2/c1-8(9-3-2-5-13-9)12-7-10-11-4-6-14-10/h2-6,8,12H,7H2,1H3/t8-/m1/s1. The van der Waals surface area contributed by atoms with Crippen molar-refractivity contribution < 1.29 is 0 Å². The number of hydrogen-bond donors (Lipinski definition) is 1. The molecule has 0 spiro atoms. The summed E-state index contributed by atoms with van der Waals surface area (Å²) >= 11 is 3.48. The van der Waals surface area contributed by atoms with E-state index in [1.54, 1.807) is 22.7 Å². The molecule has 2 aromatic heterocycles. The van der Waals surface area contributed by atoms with Crippen molar-refractivity contribution in [3.05, 3.63) is 39.0 Å². The smallest absolute Gasteiger partial charge is 0.106 e. The Hall–Kier alpha value is -0.710. The lowest BCUT2D eigenvalue weighted by molar-refractivity contribution is 0.581. The third-order valence-electron chi connectivity index (χ3n) is 2.01. The number of thiazole rings is 1. The summed E-state index contributed by atoms with van der Waals surface area (Å²) in [5, 5.41) is 8.71. The first-order valence-corrected chi connectivity index (χ1v) is 6.27. The lowest BCUT2D eigenvalue weighted by Crippen LogP contribution is -2.16. The molecule has 0 aromatic carbocycles. The minimum absolute atomic E-state index is 0.416. The van der Waals surface area contributed by atoms with Gasteiger partial charge in [-0.25, -0.2) is 4.98 Å². The van der Waals surface area contributed by atoms with Gasteiger partial charge in [0.1, 0.15) is 5.01 Å². The van der Waals surface area contributed by atoms with Gasteiger partial charge >= 0.3 is 0 Å². The van der Waals surface area contributed by atoms with Gasteiger partial charge in [0.25, 0.3) is 0 Å². The Morgan fingerprint density at radius 3 is 3.00 bits per heavy atom. The van der Waals surface area contributed by atoms with Crippen molar-refractivity contribution in [3.8, 4) is 0 Å². The first kappa shape index (κ1) is 9.83. The Kier molecular flexibility index (Phi) is 3.29. The third kappa shape index (κ3) is 2.41. The fraction of sp³-hybridized carbons (Fsp3) is 0.300. The largest absolute Gasteiger partial charge is 0.303 e. The summed E-state index contributed by atoms with van der Waals surface area (Å²) in [7, 11) is 0. The topological polar surface area (TPSA) is 24.9 Å². The average Bonchev–Trinajstić information content (AvgIpc) is 2.87. The summed E-state index contributed by atoms with van der Waals surface area (Å²) < 4.78 is 0. The van der Waals surface area contributed by atoms with Crippen molar-refractivity contribution in [2.45, 2.75) is 19.5 Å². The normalized spacial score (nSPS) is 12.9. The zero-order valence-corrected chi connectivity index (χ0v) is 9.57. The minimum atomic E-state index is 0.416. The summed E-state index contributed by atoms with van der Waals surface area (Å²) in [6.45, 7) is 3.04. The lowest BCUT2D eigenvalue weighted by Gasteiger charge is -2.09. The second-order valence-electron chi connectivity index (χ2n) is 3.04. The quantitative estimate of drug-likeness (QED) is 0.863. The van der Waals surface area contributed by atoms with Gasteiger partial charge in [-0.1, -0.05) is 6.07 Å². The summed E-state index contributed by atoms with van der Waals surface area (Å²) in [6, 6.07) is 4.66. The van der Waals surface area contributed by atoms with Gasteiger partial charge in [-0.05, 0) is 18.4 Å². The molecule has 0 saturated heterocycles. The molecule has 1 N–H and O–H groups in total. The van der Waals surface area contributed by atoms with Crippen molar-refractivity contribution in [2.24, 2.45) is 0 Å². The molecule has 14 heavy (non-hydrogen) atoms. The SMILES string of the molecule is C[C@@H](NCc1nccs1)c1cccs1. The average molecular weight is 224 g/mol. The minimum Gasteiger partial charge on any atom is -0.303 e. The number of nitrogens with one attached hydrogen (secondary N) is 1. The van der Waals surface area contributed by atoms with E-state index in [1.807, 2.05) is 11.6 Å². The van der Waals surface area contributed by atoms with Crippen LogP contribution in [0, 0.1) is 0 Å².